The van der Waals surface area contributed by atoms with Crippen LogP contribution in [0.4, 0.5) is 10.1 Å². The number of allylic oxidation sites excluding steroid dienone is 3. The fraction of sp³-hybridized carbons (Fsp3) is 0.105. The van der Waals surface area contributed by atoms with Gasteiger partial charge >= 0.3 is 0 Å². The number of nitrogens with zero attached hydrogens (tertiary/aromatic N) is 4. The van der Waals surface area contributed by atoms with Crippen LogP contribution in [0.1, 0.15) is 12.5 Å². The highest BCUT2D eigenvalue weighted by atomic mass is 19.1. The van der Waals surface area contributed by atoms with Gasteiger partial charge < -0.3 is 9.88 Å². The molecule has 0 saturated carbocycles. The lowest BCUT2D eigenvalue weighted by atomic mass is 10.1. The number of fused-ring (bicyclic) bond motifs is 1. The summed E-state index contributed by atoms with van der Waals surface area (Å²) in [5.41, 5.74) is 3.16. The van der Waals surface area contributed by atoms with Crippen LogP contribution in [0.3, 0.4) is 0 Å². The number of benzene rings is 1. The molecule has 6 heteroatoms. The zero-order valence-corrected chi connectivity index (χ0v) is 13.9. The minimum Gasteiger partial charge on any atom is -0.386 e. The second kappa shape index (κ2) is 6.57. The molecule has 0 unspecified atom stereocenters. The van der Waals surface area contributed by atoms with Crippen molar-refractivity contribution >= 4 is 22.3 Å². The Bertz CT molecular complexity index is 1020. The number of hydrogen-bond acceptors (Lipinski definition) is 4. The molecule has 0 aliphatic carbocycles. The third-order valence-electron chi connectivity index (χ3n) is 3.91. The van der Waals surface area contributed by atoms with E-state index in [1.54, 1.807) is 31.6 Å². The number of rotatable bonds is 4. The highest BCUT2D eigenvalue weighted by molar-refractivity contribution is 5.96. The maximum atomic E-state index is 13.8. The third-order valence-corrected chi connectivity index (χ3v) is 3.91. The van der Waals surface area contributed by atoms with E-state index in [9.17, 15) is 9.65 Å². The number of hydrogen-bond donors (Lipinski definition) is 1. The number of nitrogens with one attached hydrogen (secondary N) is 1. The predicted molar refractivity (Wildman–Crippen MR) is 97.3 cm³/mol. The van der Waals surface area contributed by atoms with Gasteiger partial charge in [-0.2, -0.15) is 5.26 Å². The van der Waals surface area contributed by atoms with E-state index in [2.05, 4.69) is 27.9 Å². The van der Waals surface area contributed by atoms with E-state index in [1.165, 1.54) is 12.1 Å². The van der Waals surface area contributed by atoms with E-state index in [1.807, 2.05) is 17.6 Å². The number of nitriles is 1. The van der Waals surface area contributed by atoms with Gasteiger partial charge in [0.15, 0.2) is 5.82 Å². The van der Waals surface area contributed by atoms with Crippen LogP contribution >= 0.6 is 0 Å². The van der Waals surface area contributed by atoms with Crippen molar-refractivity contribution < 1.29 is 4.39 Å². The van der Waals surface area contributed by atoms with Crippen molar-refractivity contribution in [3.8, 4) is 17.6 Å². The summed E-state index contributed by atoms with van der Waals surface area (Å²) < 4.78 is 15.6. The standard InChI is InChI=1S/C19H16FN5/c1-4-5-12(2)25-17-7-6-13(20)8-15(17)16(9-21)18(25)19-23-10-14(22-3)11-24-19/h4-8,10-11,22H,1H2,2-3H3/b12-5+. The van der Waals surface area contributed by atoms with Crippen molar-refractivity contribution in [1.29, 1.82) is 5.26 Å². The minimum absolute atomic E-state index is 0.337. The Hall–Kier alpha value is -3.46. The van der Waals surface area contributed by atoms with Gasteiger partial charge in [0.05, 0.1) is 29.2 Å². The van der Waals surface area contributed by atoms with E-state index < -0.39 is 5.82 Å². The monoisotopic (exact) mass is 333 g/mol. The van der Waals surface area contributed by atoms with Crippen LogP contribution in [0.5, 0.6) is 0 Å². The van der Waals surface area contributed by atoms with Crippen LogP contribution in [-0.4, -0.2) is 21.6 Å². The third kappa shape index (κ3) is 2.76. The largest absolute Gasteiger partial charge is 0.386 e. The Morgan fingerprint density at radius 1 is 1.36 bits per heavy atom. The summed E-state index contributed by atoms with van der Waals surface area (Å²) >= 11 is 0. The molecule has 1 aromatic carbocycles. The lowest BCUT2D eigenvalue weighted by molar-refractivity contribution is 0.629. The first-order valence-corrected chi connectivity index (χ1v) is 7.64. The molecule has 0 bridgehead atoms. The highest BCUT2D eigenvalue weighted by Gasteiger charge is 2.21. The van der Waals surface area contributed by atoms with Gasteiger partial charge in [-0.25, -0.2) is 14.4 Å². The normalized spacial score (nSPS) is 11.4. The SMILES string of the molecule is C=C/C=C(\C)n1c(-c2ncc(NC)cn2)c(C#N)c2cc(F)ccc21. The number of aromatic nitrogens is 3. The molecule has 0 saturated heterocycles. The summed E-state index contributed by atoms with van der Waals surface area (Å²) in [6, 6.07) is 6.55. The van der Waals surface area contributed by atoms with Crippen molar-refractivity contribution in [2.45, 2.75) is 6.92 Å². The van der Waals surface area contributed by atoms with Crippen LogP contribution in [0, 0.1) is 17.1 Å². The van der Waals surface area contributed by atoms with Gasteiger partial charge in [-0.3, -0.25) is 0 Å². The van der Waals surface area contributed by atoms with Crippen LogP contribution in [0.2, 0.25) is 0 Å². The zero-order chi connectivity index (χ0) is 18.0. The van der Waals surface area contributed by atoms with Crippen molar-refractivity contribution in [2.24, 2.45) is 0 Å². The van der Waals surface area contributed by atoms with Crippen LogP contribution in [0.15, 0.2) is 49.3 Å². The molecule has 0 fully saturated rings. The Labute approximate surface area is 144 Å². The molecule has 2 heterocycles. The summed E-state index contributed by atoms with van der Waals surface area (Å²) in [5, 5.41) is 13.2. The molecule has 0 spiro atoms. The van der Waals surface area contributed by atoms with Crippen molar-refractivity contribution in [1.82, 2.24) is 14.5 Å². The number of halogens is 1. The highest BCUT2D eigenvalue weighted by Crippen LogP contribution is 2.34. The van der Waals surface area contributed by atoms with E-state index >= 15 is 0 Å². The van der Waals surface area contributed by atoms with Crippen molar-refractivity contribution in [2.75, 3.05) is 12.4 Å². The van der Waals surface area contributed by atoms with Crippen molar-refractivity contribution in [3.05, 3.63) is 60.7 Å². The van der Waals surface area contributed by atoms with Gasteiger partial charge in [-0.1, -0.05) is 12.7 Å². The Balaban J connectivity index is 2.42. The zero-order valence-electron chi connectivity index (χ0n) is 13.9. The molecule has 3 aromatic rings. The first-order chi connectivity index (χ1) is 12.1. The molecular weight excluding hydrogens is 317 g/mol. The summed E-state index contributed by atoms with van der Waals surface area (Å²) in [7, 11) is 1.77. The topological polar surface area (TPSA) is 66.5 Å². The fourth-order valence-corrected chi connectivity index (χ4v) is 2.78. The molecular formula is C19H16FN5. The molecule has 1 N–H and O–H groups in total. The van der Waals surface area contributed by atoms with Crippen LogP contribution in [0.25, 0.3) is 28.1 Å². The van der Waals surface area contributed by atoms with Crippen molar-refractivity contribution in [3.63, 3.8) is 0 Å². The van der Waals surface area contributed by atoms with Gasteiger partial charge in [0.25, 0.3) is 0 Å². The lowest BCUT2D eigenvalue weighted by Gasteiger charge is -2.10. The molecule has 0 aliphatic rings. The second-order valence-electron chi connectivity index (χ2n) is 5.42. The molecule has 25 heavy (non-hydrogen) atoms. The first-order valence-electron chi connectivity index (χ1n) is 7.64. The van der Waals surface area contributed by atoms with Crippen LogP contribution in [-0.2, 0) is 0 Å². The van der Waals surface area contributed by atoms with Gasteiger partial charge in [0.1, 0.15) is 17.6 Å². The maximum Gasteiger partial charge on any atom is 0.178 e. The average Bonchev–Trinajstić information content (AvgIpc) is 2.95. The quantitative estimate of drug-likeness (QED) is 0.727. The van der Waals surface area contributed by atoms with E-state index in [0.717, 1.165) is 11.4 Å². The molecule has 0 atom stereocenters. The molecule has 0 amide bonds. The summed E-state index contributed by atoms with van der Waals surface area (Å²) in [4.78, 5) is 8.71. The minimum atomic E-state index is -0.399. The van der Waals surface area contributed by atoms with Gasteiger partial charge in [-0.15, -0.1) is 0 Å². The molecule has 0 radical (unpaired) electrons. The van der Waals surface area contributed by atoms with E-state index in [4.69, 9.17) is 0 Å². The van der Waals surface area contributed by atoms with E-state index in [-0.39, 0.29) is 0 Å². The molecule has 0 aliphatic heterocycles. The van der Waals surface area contributed by atoms with Gasteiger partial charge in [-0.05, 0) is 31.2 Å². The van der Waals surface area contributed by atoms with E-state index in [0.29, 0.717) is 28.0 Å². The molecule has 124 valence electrons. The molecule has 2 aromatic heterocycles. The summed E-state index contributed by atoms with van der Waals surface area (Å²) in [6.07, 6.45) is 6.75. The number of anilines is 1. The average molecular weight is 333 g/mol. The molecule has 5 nitrogen and oxygen atoms in total. The Morgan fingerprint density at radius 2 is 2.08 bits per heavy atom. The van der Waals surface area contributed by atoms with Crippen LogP contribution < -0.4 is 5.32 Å². The molecule has 3 rings (SSSR count). The van der Waals surface area contributed by atoms with Gasteiger partial charge in [0.2, 0.25) is 0 Å². The smallest absolute Gasteiger partial charge is 0.178 e. The second-order valence-corrected chi connectivity index (χ2v) is 5.42. The lowest BCUT2D eigenvalue weighted by Crippen LogP contribution is -2.01. The maximum absolute atomic E-state index is 13.8. The predicted octanol–water partition coefficient (Wildman–Crippen LogP) is 4.20. The van der Waals surface area contributed by atoms with Gasteiger partial charge in [0, 0.05) is 18.1 Å². The first kappa shape index (κ1) is 16.4. The Kier molecular flexibility index (Phi) is 4.31. The fourth-order valence-electron chi connectivity index (χ4n) is 2.78. The Morgan fingerprint density at radius 3 is 2.68 bits per heavy atom. The summed E-state index contributed by atoms with van der Waals surface area (Å²) in [6.45, 7) is 5.60. The summed E-state index contributed by atoms with van der Waals surface area (Å²) in [5.74, 6) is -0.00604.